The number of imidazole rings is 1. The van der Waals surface area contributed by atoms with Gasteiger partial charge in [-0.3, -0.25) is 4.79 Å². The maximum Gasteiger partial charge on any atom is 0.268 e. The highest BCUT2D eigenvalue weighted by atomic mass is 16.3. The van der Waals surface area contributed by atoms with Gasteiger partial charge in [-0.15, -0.1) is 0 Å². The number of aromatic hydroxyl groups is 1. The Bertz CT molecular complexity index is 475. The molecule has 3 N–H and O–H groups in total. The summed E-state index contributed by atoms with van der Waals surface area (Å²) >= 11 is 0. The molecular formula is C8H7N3O2. The molecule has 0 atom stereocenters. The van der Waals surface area contributed by atoms with Gasteiger partial charge >= 0.3 is 0 Å². The SMILES string of the molecule is NC(=O)c1cn2ccc(O)cc2n1. The summed E-state index contributed by atoms with van der Waals surface area (Å²) < 4.78 is 1.61. The van der Waals surface area contributed by atoms with Crippen molar-refractivity contribution in [2.75, 3.05) is 0 Å². The number of primary amides is 1. The minimum absolute atomic E-state index is 0.106. The molecule has 0 spiro atoms. The molecule has 2 rings (SSSR count). The van der Waals surface area contributed by atoms with Crippen LogP contribution in [0.25, 0.3) is 5.65 Å². The number of amides is 1. The first-order valence-electron chi connectivity index (χ1n) is 3.64. The summed E-state index contributed by atoms with van der Waals surface area (Å²) in [4.78, 5) is 14.6. The normalized spacial score (nSPS) is 10.5. The third-order valence-electron chi connectivity index (χ3n) is 1.70. The Morgan fingerprint density at radius 3 is 3.08 bits per heavy atom. The monoisotopic (exact) mass is 177 g/mol. The van der Waals surface area contributed by atoms with Gasteiger partial charge < -0.3 is 15.2 Å². The largest absolute Gasteiger partial charge is 0.508 e. The number of hydrogen-bond donors (Lipinski definition) is 2. The van der Waals surface area contributed by atoms with Gasteiger partial charge in [-0.1, -0.05) is 0 Å². The summed E-state index contributed by atoms with van der Waals surface area (Å²) in [6.07, 6.45) is 3.11. The van der Waals surface area contributed by atoms with Crippen molar-refractivity contribution >= 4 is 11.6 Å². The Hall–Kier alpha value is -2.04. The highest BCUT2D eigenvalue weighted by Gasteiger charge is 2.06. The van der Waals surface area contributed by atoms with Crippen molar-refractivity contribution in [1.29, 1.82) is 0 Å². The average Bonchev–Trinajstić information content (AvgIpc) is 2.46. The fourth-order valence-corrected chi connectivity index (χ4v) is 1.09. The van der Waals surface area contributed by atoms with E-state index >= 15 is 0 Å². The van der Waals surface area contributed by atoms with Crippen LogP contribution in [0.5, 0.6) is 5.75 Å². The Morgan fingerprint density at radius 1 is 1.62 bits per heavy atom. The molecule has 66 valence electrons. The number of fused-ring (bicyclic) bond motifs is 1. The Kier molecular flexibility index (Phi) is 1.45. The van der Waals surface area contributed by atoms with Gasteiger partial charge in [0.25, 0.3) is 5.91 Å². The molecule has 0 aliphatic rings. The molecule has 0 saturated carbocycles. The first kappa shape index (κ1) is 7.60. The molecule has 13 heavy (non-hydrogen) atoms. The van der Waals surface area contributed by atoms with Crippen LogP contribution in [0.4, 0.5) is 0 Å². The lowest BCUT2D eigenvalue weighted by Crippen LogP contribution is -2.10. The summed E-state index contributed by atoms with van der Waals surface area (Å²) in [6.45, 7) is 0. The second-order valence-corrected chi connectivity index (χ2v) is 2.64. The van der Waals surface area contributed by atoms with E-state index in [1.54, 1.807) is 10.6 Å². The first-order valence-corrected chi connectivity index (χ1v) is 3.64. The molecule has 0 bridgehead atoms. The standard InChI is InChI=1S/C8H7N3O2/c9-8(13)6-4-11-2-1-5(12)3-7(11)10-6/h1-4,12H,(H2,9,13). The second kappa shape index (κ2) is 2.48. The van der Waals surface area contributed by atoms with Gasteiger partial charge in [0.1, 0.15) is 17.1 Å². The number of rotatable bonds is 1. The second-order valence-electron chi connectivity index (χ2n) is 2.64. The van der Waals surface area contributed by atoms with Crippen LogP contribution in [0.3, 0.4) is 0 Å². The van der Waals surface area contributed by atoms with Gasteiger partial charge in [0.2, 0.25) is 0 Å². The maximum absolute atomic E-state index is 10.7. The van der Waals surface area contributed by atoms with Crippen LogP contribution in [0, 0.1) is 0 Å². The summed E-state index contributed by atoms with van der Waals surface area (Å²) in [7, 11) is 0. The van der Waals surface area contributed by atoms with E-state index < -0.39 is 5.91 Å². The number of carbonyl (C=O) groups excluding carboxylic acids is 1. The lowest BCUT2D eigenvalue weighted by atomic mass is 10.4. The van der Waals surface area contributed by atoms with E-state index in [0.29, 0.717) is 5.65 Å². The van der Waals surface area contributed by atoms with Gasteiger partial charge in [0.05, 0.1) is 0 Å². The van der Waals surface area contributed by atoms with Crippen molar-refractivity contribution in [3.8, 4) is 5.75 Å². The number of pyridine rings is 1. The minimum Gasteiger partial charge on any atom is -0.508 e. The number of nitrogens with two attached hydrogens (primary N) is 1. The van der Waals surface area contributed by atoms with E-state index in [0.717, 1.165) is 0 Å². The molecule has 5 nitrogen and oxygen atoms in total. The summed E-state index contributed by atoms with van der Waals surface area (Å²) in [5.41, 5.74) is 5.72. The molecular weight excluding hydrogens is 170 g/mol. The Morgan fingerprint density at radius 2 is 2.38 bits per heavy atom. The van der Waals surface area contributed by atoms with E-state index in [1.807, 2.05) is 0 Å². The molecule has 0 aromatic carbocycles. The summed E-state index contributed by atoms with van der Waals surface area (Å²) in [5, 5.41) is 9.11. The zero-order valence-corrected chi connectivity index (χ0v) is 6.64. The third kappa shape index (κ3) is 1.20. The topological polar surface area (TPSA) is 80.6 Å². The zero-order chi connectivity index (χ0) is 9.42. The van der Waals surface area contributed by atoms with Crippen LogP contribution < -0.4 is 5.73 Å². The molecule has 0 aliphatic carbocycles. The molecule has 0 unspecified atom stereocenters. The Labute approximate surface area is 73.4 Å². The lowest BCUT2D eigenvalue weighted by molar-refractivity contribution is 0.0996. The molecule has 2 aromatic rings. The van der Waals surface area contributed by atoms with E-state index in [-0.39, 0.29) is 11.4 Å². The molecule has 0 radical (unpaired) electrons. The number of nitrogens with zero attached hydrogens (tertiary/aromatic N) is 2. The van der Waals surface area contributed by atoms with E-state index in [9.17, 15) is 4.79 Å². The molecule has 0 fully saturated rings. The Balaban J connectivity index is 2.68. The van der Waals surface area contributed by atoms with E-state index in [2.05, 4.69) is 4.98 Å². The van der Waals surface area contributed by atoms with Crippen molar-refractivity contribution in [3.63, 3.8) is 0 Å². The van der Waals surface area contributed by atoms with Gasteiger partial charge in [0, 0.05) is 18.5 Å². The van der Waals surface area contributed by atoms with Crippen molar-refractivity contribution in [3.05, 3.63) is 30.2 Å². The smallest absolute Gasteiger partial charge is 0.268 e. The first-order chi connectivity index (χ1) is 6.16. The summed E-state index contributed by atoms with van der Waals surface area (Å²) in [5.74, 6) is -0.475. The quantitative estimate of drug-likeness (QED) is 0.650. The fraction of sp³-hybridized carbons (Fsp3) is 0. The van der Waals surface area contributed by atoms with Crippen molar-refractivity contribution < 1.29 is 9.90 Å². The number of aromatic nitrogens is 2. The van der Waals surface area contributed by atoms with Crippen LogP contribution in [0.2, 0.25) is 0 Å². The highest BCUT2D eigenvalue weighted by molar-refractivity contribution is 5.91. The average molecular weight is 177 g/mol. The van der Waals surface area contributed by atoms with E-state index in [4.69, 9.17) is 10.8 Å². The molecule has 0 saturated heterocycles. The minimum atomic E-state index is -0.580. The van der Waals surface area contributed by atoms with Crippen LogP contribution in [-0.2, 0) is 0 Å². The third-order valence-corrected chi connectivity index (χ3v) is 1.70. The highest BCUT2D eigenvalue weighted by Crippen LogP contribution is 2.12. The summed E-state index contributed by atoms with van der Waals surface area (Å²) in [6, 6.07) is 2.95. The maximum atomic E-state index is 10.7. The van der Waals surface area contributed by atoms with Gasteiger partial charge in [-0.25, -0.2) is 4.98 Å². The van der Waals surface area contributed by atoms with Crippen molar-refractivity contribution in [1.82, 2.24) is 9.38 Å². The number of carbonyl (C=O) groups is 1. The molecule has 5 heteroatoms. The lowest BCUT2D eigenvalue weighted by Gasteiger charge is -1.91. The molecule has 1 amide bonds. The fourth-order valence-electron chi connectivity index (χ4n) is 1.09. The van der Waals surface area contributed by atoms with Crippen LogP contribution in [-0.4, -0.2) is 20.4 Å². The van der Waals surface area contributed by atoms with Crippen molar-refractivity contribution in [2.45, 2.75) is 0 Å². The number of hydrogen-bond acceptors (Lipinski definition) is 3. The van der Waals surface area contributed by atoms with Gasteiger partial charge in [-0.2, -0.15) is 0 Å². The van der Waals surface area contributed by atoms with Crippen LogP contribution in [0.1, 0.15) is 10.5 Å². The van der Waals surface area contributed by atoms with Crippen LogP contribution >= 0.6 is 0 Å². The van der Waals surface area contributed by atoms with Gasteiger partial charge in [0.15, 0.2) is 0 Å². The van der Waals surface area contributed by atoms with Crippen molar-refractivity contribution in [2.24, 2.45) is 5.73 Å². The zero-order valence-electron chi connectivity index (χ0n) is 6.64. The van der Waals surface area contributed by atoms with Gasteiger partial charge in [-0.05, 0) is 6.07 Å². The predicted octanol–water partition coefficient (Wildman–Crippen LogP) is 0.139. The molecule has 2 aromatic heterocycles. The molecule has 0 aliphatic heterocycles. The molecule has 2 heterocycles. The predicted molar refractivity (Wildman–Crippen MR) is 45.4 cm³/mol. The van der Waals surface area contributed by atoms with E-state index in [1.165, 1.54) is 18.3 Å². The van der Waals surface area contributed by atoms with Crippen LogP contribution in [0.15, 0.2) is 24.5 Å².